The van der Waals surface area contributed by atoms with Crippen molar-refractivity contribution in [1.29, 1.82) is 0 Å². The van der Waals surface area contributed by atoms with Gasteiger partial charge in [0.2, 0.25) is 0 Å². The van der Waals surface area contributed by atoms with E-state index in [4.69, 9.17) is 4.98 Å². The predicted octanol–water partition coefficient (Wildman–Crippen LogP) is 9.06. The topological polar surface area (TPSA) is 17.3 Å². The van der Waals surface area contributed by atoms with Crippen molar-refractivity contribution < 1.29 is 20.1 Å². The van der Waals surface area contributed by atoms with Gasteiger partial charge in [-0.3, -0.25) is 4.98 Å². The second-order valence-electron chi connectivity index (χ2n) is 9.68. The zero-order valence-corrected chi connectivity index (χ0v) is 23.6. The van der Waals surface area contributed by atoms with E-state index >= 15 is 0 Å². The van der Waals surface area contributed by atoms with Gasteiger partial charge < -0.3 is 4.40 Å². The number of nitrogens with zero attached hydrogens (tertiary/aromatic N) is 2. The van der Waals surface area contributed by atoms with Crippen LogP contribution in [0.4, 0.5) is 0 Å². The van der Waals surface area contributed by atoms with Gasteiger partial charge in [-0.15, -0.1) is 29.7 Å². The van der Waals surface area contributed by atoms with Crippen LogP contribution in [0.25, 0.3) is 60.8 Å². The van der Waals surface area contributed by atoms with E-state index in [0.717, 1.165) is 16.7 Å². The summed E-state index contributed by atoms with van der Waals surface area (Å²) in [5.41, 5.74) is 11.7. The first kappa shape index (κ1) is 24.3. The van der Waals surface area contributed by atoms with Gasteiger partial charge in [0.15, 0.2) is 0 Å². The maximum absolute atomic E-state index is 5.03. The molecule has 2 aromatic heterocycles. The monoisotopic (exact) mass is 666 g/mol. The summed E-state index contributed by atoms with van der Waals surface area (Å²) in [6, 6.07) is 42.2. The predicted molar refractivity (Wildman–Crippen MR) is 155 cm³/mol. The summed E-state index contributed by atoms with van der Waals surface area (Å²) in [7, 11) is 0. The maximum Gasteiger partial charge on any atom is 0.0646 e. The molecule has 7 aromatic rings. The molecule has 0 bridgehead atoms. The molecule has 0 saturated heterocycles. The molecule has 2 heterocycles. The fraction of sp³-hybridized carbons (Fsp3) is 0.0571. The molecule has 0 spiro atoms. The van der Waals surface area contributed by atoms with E-state index in [1.54, 1.807) is 0 Å². The first-order valence-electron chi connectivity index (χ1n) is 12.7. The van der Waals surface area contributed by atoms with Gasteiger partial charge in [-0.05, 0) is 58.7 Å². The van der Waals surface area contributed by atoms with Crippen molar-refractivity contribution in [2.24, 2.45) is 0 Å². The number of hydrogen-bond donors (Lipinski definition) is 0. The molecule has 3 heteroatoms. The number of hydrogen-bond acceptors (Lipinski definition) is 1. The van der Waals surface area contributed by atoms with Crippen molar-refractivity contribution in [3.8, 4) is 33.5 Å². The van der Waals surface area contributed by atoms with Crippen LogP contribution in [0.5, 0.6) is 0 Å². The van der Waals surface area contributed by atoms with Gasteiger partial charge >= 0.3 is 0 Å². The number of rotatable bonds is 3. The van der Waals surface area contributed by atoms with Crippen LogP contribution in [0.15, 0.2) is 115 Å². The molecule has 0 aliphatic rings. The third kappa shape index (κ3) is 3.79. The minimum atomic E-state index is 0. The van der Waals surface area contributed by atoms with Crippen LogP contribution in [0.1, 0.15) is 11.1 Å². The average Bonchev–Trinajstić information content (AvgIpc) is 3.40. The Morgan fingerprint density at radius 1 is 0.658 bits per heavy atom. The maximum atomic E-state index is 5.03. The Morgan fingerprint density at radius 3 is 1.95 bits per heavy atom. The summed E-state index contributed by atoms with van der Waals surface area (Å²) in [6.07, 6.45) is 2.04. The summed E-state index contributed by atoms with van der Waals surface area (Å²) < 4.78 is 2.34. The standard InChI is InChI=1S/C35H25N2.Ir/c1-23-20-31-29-16-9-10-17-30(29)35-36-22-33(37(35)32(31)21-24(23)2)34-27(25-12-5-3-6-13-25)18-11-19-28(34)26-14-7-4-8-15-26;/h3-16,18-22H,1-2H3;/q-1;. The molecular formula is C35H25IrN2-. The van der Waals surface area contributed by atoms with Crippen molar-refractivity contribution in [2.75, 3.05) is 0 Å². The minimum absolute atomic E-state index is 0. The Labute approximate surface area is 236 Å². The number of aryl methyl sites for hydroxylation is 2. The first-order chi connectivity index (χ1) is 18.2. The second-order valence-corrected chi connectivity index (χ2v) is 9.68. The molecule has 5 aromatic carbocycles. The summed E-state index contributed by atoms with van der Waals surface area (Å²) in [5.74, 6) is 0. The smallest absolute Gasteiger partial charge is 0.0646 e. The fourth-order valence-electron chi connectivity index (χ4n) is 5.54. The normalized spacial score (nSPS) is 11.2. The fourth-order valence-corrected chi connectivity index (χ4v) is 5.54. The molecule has 0 aliphatic heterocycles. The molecule has 0 fully saturated rings. The molecule has 0 atom stereocenters. The summed E-state index contributed by atoms with van der Waals surface area (Å²) in [4.78, 5) is 5.03. The number of fused-ring (bicyclic) bond motifs is 6. The van der Waals surface area contributed by atoms with Gasteiger partial charge in [0, 0.05) is 37.4 Å². The van der Waals surface area contributed by atoms with Gasteiger partial charge in [0.1, 0.15) is 0 Å². The quantitative estimate of drug-likeness (QED) is 0.136. The molecule has 0 unspecified atom stereocenters. The van der Waals surface area contributed by atoms with Gasteiger partial charge in [0.05, 0.1) is 11.3 Å². The van der Waals surface area contributed by atoms with Crippen LogP contribution >= 0.6 is 0 Å². The van der Waals surface area contributed by atoms with E-state index in [9.17, 15) is 0 Å². The third-order valence-corrected chi connectivity index (χ3v) is 7.47. The Balaban J connectivity index is 0.00000264. The Morgan fingerprint density at radius 2 is 1.29 bits per heavy atom. The van der Waals surface area contributed by atoms with E-state index < -0.39 is 0 Å². The molecule has 38 heavy (non-hydrogen) atoms. The number of benzene rings is 5. The molecular weight excluding hydrogens is 641 g/mol. The molecule has 2 nitrogen and oxygen atoms in total. The third-order valence-electron chi connectivity index (χ3n) is 7.47. The molecule has 1 radical (unpaired) electrons. The largest absolute Gasteiger partial charge is 0.333 e. The van der Waals surface area contributed by atoms with Gasteiger partial charge in [-0.25, -0.2) is 0 Å². The van der Waals surface area contributed by atoms with Gasteiger partial charge in [-0.1, -0.05) is 90.3 Å². The van der Waals surface area contributed by atoms with Crippen molar-refractivity contribution >= 4 is 27.3 Å². The molecule has 0 saturated carbocycles. The number of pyridine rings is 1. The molecule has 0 amide bonds. The van der Waals surface area contributed by atoms with E-state index in [2.05, 4.69) is 127 Å². The Kier molecular flexibility index (Phi) is 6.19. The number of imidazole rings is 1. The average molecular weight is 666 g/mol. The van der Waals surface area contributed by atoms with E-state index in [-0.39, 0.29) is 20.1 Å². The SMILES string of the molecule is Cc1cc2c3ccc[c-]c3c3ncc(-c4c(-c5ccccc5)cccc4-c4ccccc4)n3c2cc1C.[Ir]. The number of aromatic nitrogens is 2. The van der Waals surface area contributed by atoms with Crippen LogP contribution in [-0.4, -0.2) is 9.38 Å². The second kappa shape index (κ2) is 9.68. The summed E-state index contributed by atoms with van der Waals surface area (Å²) in [6.45, 7) is 4.37. The van der Waals surface area contributed by atoms with Crippen molar-refractivity contribution in [3.05, 3.63) is 133 Å². The summed E-state index contributed by atoms with van der Waals surface area (Å²) in [5, 5.41) is 3.45. The van der Waals surface area contributed by atoms with E-state index in [1.807, 2.05) is 12.3 Å². The van der Waals surface area contributed by atoms with Crippen LogP contribution < -0.4 is 0 Å². The van der Waals surface area contributed by atoms with E-state index in [0.29, 0.717) is 0 Å². The van der Waals surface area contributed by atoms with Crippen molar-refractivity contribution in [3.63, 3.8) is 0 Å². The molecule has 0 N–H and O–H groups in total. The molecule has 0 aliphatic carbocycles. The zero-order valence-electron chi connectivity index (χ0n) is 21.2. The summed E-state index contributed by atoms with van der Waals surface area (Å²) >= 11 is 0. The van der Waals surface area contributed by atoms with E-state index in [1.165, 1.54) is 55.2 Å². The zero-order chi connectivity index (χ0) is 24.9. The molecule has 185 valence electrons. The molecule has 7 rings (SSSR count). The Hall–Kier alpha value is -4.04. The van der Waals surface area contributed by atoms with Crippen LogP contribution in [0, 0.1) is 19.9 Å². The Bertz CT molecular complexity index is 1880. The van der Waals surface area contributed by atoms with Crippen molar-refractivity contribution in [1.82, 2.24) is 9.38 Å². The van der Waals surface area contributed by atoms with Crippen LogP contribution in [-0.2, 0) is 20.1 Å². The van der Waals surface area contributed by atoms with Crippen LogP contribution in [0.2, 0.25) is 0 Å². The van der Waals surface area contributed by atoms with Crippen molar-refractivity contribution in [2.45, 2.75) is 13.8 Å². The van der Waals surface area contributed by atoms with Crippen LogP contribution in [0.3, 0.4) is 0 Å². The van der Waals surface area contributed by atoms with Gasteiger partial charge in [-0.2, -0.15) is 0 Å². The first-order valence-corrected chi connectivity index (χ1v) is 12.7. The minimum Gasteiger partial charge on any atom is -0.333 e. The van der Waals surface area contributed by atoms with Gasteiger partial charge in [0.25, 0.3) is 0 Å².